The van der Waals surface area contributed by atoms with Crippen LogP contribution >= 0.6 is 0 Å². The van der Waals surface area contributed by atoms with Crippen molar-refractivity contribution in [1.82, 2.24) is 9.80 Å². The minimum absolute atomic E-state index is 0.0894. The van der Waals surface area contributed by atoms with E-state index in [2.05, 4.69) is 22.2 Å². The molecule has 1 unspecified atom stereocenters. The van der Waals surface area contributed by atoms with Crippen LogP contribution in [0.15, 0.2) is 97.1 Å². The van der Waals surface area contributed by atoms with Gasteiger partial charge in [0.15, 0.2) is 0 Å². The van der Waals surface area contributed by atoms with Crippen LogP contribution in [0, 0.1) is 11.7 Å². The van der Waals surface area contributed by atoms with Crippen molar-refractivity contribution in [1.29, 1.82) is 0 Å². The van der Waals surface area contributed by atoms with E-state index in [1.165, 1.54) is 12.1 Å². The third-order valence-corrected chi connectivity index (χ3v) is 8.95. The molecule has 0 aromatic heterocycles. The molecular formula is C38H39FN4O4. The van der Waals surface area contributed by atoms with Gasteiger partial charge >= 0.3 is 5.97 Å². The number of carbonyl (C=O) groups excluding carboxylic acids is 2. The highest BCUT2D eigenvalue weighted by atomic mass is 19.1. The first-order valence-electron chi connectivity index (χ1n) is 16.1. The summed E-state index contributed by atoms with van der Waals surface area (Å²) >= 11 is 0. The van der Waals surface area contributed by atoms with Crippen molar-refractivity contribution in [3.8, 4) is 11.1 Å². The zero-order chi connectivity index (χ0) is 32.9. The number of anilines is 2. The second-order valence-corrected chi connectivity index (χ2v) is 12.4. The number of carbonyl (C=O) groups is 3. The van der Waals surface area contributed by atoms with Gasteiger partial charge in [0.25, 0.3) is 5.91 Å². The monoisotopic (exact) mass is 634 g/mol. The summed E-state index contributed by atoms with van der Waals surface area (Å²) in [6.45, 7) is 3.74. The predicted octanol–water partition coefficient (Wildman–Crippen LogP) is 6.45. The zero-order valence-electron chi connectivity index (χ0n) is 26.4. The quantitative estimate of drug-likeness (QED) is 0.197. The highest BCUT2D eigenvalue weighted by Crippen LogP contribution is 2.37. The molecule has 242 valence electrons. The number of amides is 2. The fourth-order valence-electron chi connectivity index (χ4n) is 6.13. The number of carboxylic acid groups (broad SMARTS) is 1. The van der Waals surface area contributed by atoms with Crippen LogP contribution in [0.3, 0.4) is 0 Å². The standard InChI is InChI=1S/C38H39FN4O4/c1-41-18-20-42(21-19-41)34-17-14-31(23-33(34)40-37(46)28-7-3-2-4-8-28)30-9-5-6-26(22-30)25-43(38(47)29-10-11-29)35(24-36(44)45)27-12-15-32(39)16-13-27/h2-9,12-17,22-23,29,35H,10-11,18-21,24-25H2,1H3,(H,40,46)(H,44,45). The van der Waals surface area contributed by atoms with Gasteiger partial charge in [-0.3, -0.25) is 14.4 Å². The minimum Gasteiger partial charge on any atom is -0.481 e. The van der Waals surface area contributed by atoms with Crippen LogP contribution in [0.2, 0.25) is 0 Å². The van der Waals surface area contributed by atoms with E-state index in [4.69, 9.17) is 0 Å². The topological polar surface area (TPSA) is 93.2 Å². The first-order chi connectivity index (χ1) is 22.7. The molecule has 4 aromatic rings. The highest BCUT2D eigenvalue weighted by Gasteiger charge is 2.37. The molecule has 47 heavy (non-hydrogen) atoms. The van der Waals surface area contributed by atoms with Gasteiger partial charge in [0.1, 0.15) is 5.82 Å². The van der Waals surface area contributed by atoms with Crippen molar-refractivity contribution < 1.29 is 23.9 Å². The van der Waals surface area contributed by atoms with Gasteiger partial charge in [-0.15, -0.1) is 0 Å². The molecule has 6 rings (SSSR count). The lowest BCUT2D eigenvalue weighted by atomic mass is 9.98. The van der Waals surface area contributed by atoms with E-state index in [-0.39, 0.29) is 30.7 Å². The van der Waals surface area contributed by atoms with E-state index in [0.29, 0.717) is 11.1 Å². The smallest absolute Gasteiger partial charge is 0.305 e. The predicted molar refractivity (Wildman–Crippen MR) is 181 cm³/mol. The first kappa shape index (κ1) is 31.9. The lowest BCUT2D eigenvalue weighted by molar-refractivity contribution is -0.142. The number of hydrogen-bond donors (Lipinski definition) is 2. The van der Waals surface area contributed by atoms with Crippen LogP contribution in [0.1, 0.15) is 46.8 Å². The largest absolute Gasteiger partial charge is 0.481 e. The SMILES string of the molecule is CN1CCN(c2ccc(-c3cccc(CN(C(=O)C4CC4)C(CC(=O)O)c4ccc(F)cc4)c3)cc2NC(=O)c2ccccc2)CC1. The van der Waals surface area contributed by atoms with Crippen LogP contribution < -0.4 is 10.2 Å². The molecule has 2 aliphatic rings. The van der Waals surface area contributed by atoms with Crippen molar-refractivity contribution in [2.75, 3.05) is 43.4 Å². The third kappa shape index (κ3) is 7.86. The molecular weight excluding hydrogens is 595 g/mol. The molecule has 1 heterocycles. The van der Waals surface area contributed by atoms with Gasteiger partial charge in [-0.1, -0.05) is 54.6 Å². The number of piperazine rings is 1. The van der Waals surface area contributed by atoms with Gasteiger partial charge in [0, 0.05) is 44.2 Å². The van der Waals surface area contributed by atoms with Crippen LogP contribution in [0.5, 0.6) is 0 Å². The Morgan fingerprint density at radius 2 is 1.57 bits per heavy atom. The molecule has 1 saturated heterocycles. The molecule has 1 atom stereocenters. The Morgan fingerprint density at radius 3 is 2.26 bits per heavy atom. The molecule has 0 radical (unpaired) electrons. The summed E-state index contributed by atoms with van der Waals surface area (Å²) in [6, 6.07) is 28.0. The molecule has 9 heteroatoms. The Kier molecular flexibility index (Phi) is 9.63. The maximum Gasteiger partial charge on any atom is 0.305 e. The number of nitrogens with one attached hydrogen (secondary N) is 1. The second-order valence-electron chi connectivity index (χ2n) is 12.4. The lowest BCUT2D eigenvalue weighted by Gasteiger charge is -2.35. The Labute approximate surface area is 274 Å². The van der Waals surface area contributed by atoms with Crippen molar-refractivity contribution in [3.63, 3.8) is 0 Å². The summed E-state index contributed by atoms with van der Waals surface area (Å²) in [5, 5.41) is 12.9. The Balaban J connectivity index is 1.32. The van der Waals surface area contributed by atoms with E-state index in [1.807, 2.05) is 60.7 Å². The average Bonchev–Trinajstić information content (AvgIpc) is 3.93. The Hall–Kier alpha value is -5.02. The van der Waals surface area contributed by atoms with E-state index >= 15 is 0 Å². The minimum atomic E-state index is -1.04. The van der Waals surface area contributed by atoms with Crippen molar-refractivity contribution in [2.24, 2.45) is 5.92 Å². The molecule has 1 aliphatic heterocycles. The van der Waals surface area contributed by atoms with Crippen LogP contribution in [0.25, 0.3) is 11.1 Å². The van der Waals surface area contributed by atoms with Gasteiger partial charge < -0.3 is 25.1 Å². The summed E-state index contributed by atoms with van der Waals surface area (Å²) in [5.74, 6) is -1.87. The molecule has 0 bridgehead atoms. The molecule has 2 N–H and O–H groups in total. The fraction of sp³-hybridized carbons (Fsp3) is 0.289. The van der Waals surface area contributed by atoms with Crippen molar-refractivity contribution in [2.45, 2.75) is 31.8 Å². The Bertz CT molecular complexity index is 1730. The maximum atomic E-state index is 13.8. The highest BCUT2D eigenvalue weighted by molar-refractivity contribution is 6.06. The molecule has 1 aliphatic carbocycles. The number of rotatable bonds is 11. The van der Waals surface area contributed by atoms with Gasteiger partial charge in [-0.05, 0) is 84.6 Å². The van der Waals surface area contributed by atoms with Crippen LogP contribution in [-0.4, -0.2) is 65.9 Å². The summed E-state index contributed by atoms with van der Waals surface area (Å²) in [7, 11) is 2.11. The van der Waals surface area contributed by atoms with E-state index in [0.717, 1.165) is 67.1 Å². The normalized spacial score (nSPS) is 15.6. The molecule has 8 nitrogen and oxygen atoms in total. The second kappa shape index (κ2) is 14.2. The van der Waals surface area contributed by atoms with Gasteiger partial charge in [0.05, 0.1) is 23.8 Å². The summed E-state index contributed by atoms with van der Waals surface area (Å²) in [5.41, 5.74) is 5.46. The molecule has 1 saturated carbocycles. The molecule has 2 amide bonds. The lowest BCUT2D eigenvalue weighted by Crippen LogP contribution is -2.44. The molecule has 0 spiro atoms. The van der Waals surface area contributed by atoms with Crippen molar-refractivity contribution >= 4 is 29.2 Å². The number of aliphatic carboxylic acids is 1. The summed E-state index contributed by atoms with van der Waals surface area (Å²) in [6.07, 6.45) is 1.26. The number of halogens is 1. The van der Waals surface area contributed by atoms with Gasteiger partial charge in [-0.2, -0.15) is 0 Å². The maximum absolute atomic E-state index is 13.8. The molecule has 2 fully saturated rings. The van der Waals surface area contributed by atoms with Gasteiger partial charge in [-0.25, -0.2) is 4.39 Å². The van der Waals surface area contributed by atoms with E-state index in [1.54, 1.807) is 29.2 Å². The number of likely N-dealkylation sites (N-methyl/N-ethyl adjacent to an activating group) is 1. The average molecular weight is 635 g/mol. The summed E-state index contributed by atoms with van der Waals surface area (Å²) < 4.78 is 13.8. The summed E-state index contributed by atoms with van der Waals surface area (Å²) in [4.78, 5) is 45.1. The van der Waals surface area contributed by atoms with E-state index < -0.39 is 17.8 Å². The number of carboxylic acids is 1. The number of nitrogens with zero attached hydrogens (tertiary/aromatic N) is 3. The Morgan fingerprint density at radius 1 is 0.872 bits per heavy atom. The first-order valence-corrected chi connectivity index (χ1v) is 16.1. The van der Waals surface area contributed by atoms with Crippen molar-refractivity contribution in [3.05, 3.63) is 120 Å². The van der Waals surface area contributed by atoms with Crippen LogP contribution in [-0.2, 0) is 16.1 Å². The zero-order valence-corrected chi connectivity index (χ0v) is 26.4. The van der Waals surface area contributed by atoms with Crippen LogP contribution in [0.4, 0.5) is 15.8 Å². The van der Waals surface area contributed by atoms with Gasteiger partial charge in [0.2, 0.25) is 5.91 Å². The fourth-order valence-corrected chi connectivity index (χ4v) is 6.13. The molecule has 4 aromatic carbocycles. The number of hydrogen-bond acceptors (Lipinski definition) is 5. The third-order valence-electron chi connectivity index (χ3n) is 8.95. The number of benzene rings is 4. The van der Waals surface area contributed by atoms with E-state index in [9.17, 15) is 23.9 Å².